The van der Waals surface area contributed by atoms with Gasteiger partial charge in [0, 0.05) is 23.7 Å². The Morgan fingerprint density at radius 2 is 2.16 bits per heavy atom. The fourth-order valence-corrected chi connectivity index (χ4v) is 3.08. The van der Waals surface area contributed by atoms with Gasteiger partial charge in [0.25, 0.3) is 0 Å². The van der Waals surface area contributed by atoms with Crippen molar-refractivity contribution in [2.45, 2.75) is 44.8 Å². The molecule has 1 unspecified atom stereocenters. The van der Waals surface area contributed by atoms with Gasteiger partial charge in [0.15, 0.2) is 0 Å². The van der Waals surface area contributed by atoms with Gasteiger partial charge < -0.3 is 15.1 Å². The minimum absolute atomic E-state index is 0.229. The molecule has 0 heterocycles. The Kier molecular flexibility index (Phi) is 5.25. The first-order valence-electron chi connectivity index (χ1n) is 6.98. The molecule has 1 aliphatic rings. The van der Waals surface area contributed by atoms with Crippen LogP contribution >= 0.6 is 15.9 Å². The van der Waals surface area contributed by atoms with Crippen molar-refractivity contribution in [2.75, 3.05) is 18.1 Å². The van der Waals surface area contributed by atoms with Crippen molar-refractivity contribution in [1.82, 2.24) is 0 Å². The van der Waals surface area contributed by atoms with E-state index >= 15 is 0 Å². The van der Waals surface area contributed by atoms with Crippen molar-refractivity contribution >= 4 is 21.6 Å². The van der Waals surface area contributed by atoms with Crippen LogP contribution in [0.4, 0.5) is 5.69 Å². The van der Waals surface area contributed by atoms with E-state index in [2.05, 4.69) is 26.9 Å². The molecule has 1 aromatic carbocycles. The average Bonchev–Trinajstić information content (AvgIpc) is 2.32. The Morgan fingerprint density at radius 1 is 1.42 bits per heavy atom. The number of aliphatic hydroxyl groups is 2. The Morgan fingerprint density at radius 3 is 2.63 bits per heavy atom. The van der Waals surface area contributed by atoms with E-state index in [0.29, 0.717) is 6.04 Å². The molecule has 1 atom stereocenters. The molecule has 106 valence electrons. The predicted octanol–water partition coefficient (Wildman–Crippen LogP) is 3.24. The third kappa shape index (κ3) is 3.50. The second kappa shape index (κ2) is 6.73. The second-order valence-electron chi connectivity index (χ2n) is 5.24. The molecule has 0 aliphatic heterocycles. The van der Waals surface area contributed by atoms with Gasteiger partial charge >= 0.3 is 0 Å². The van der Waals surface area contributed by atoms with Crippen LogP contribution in [-0.2, 0) is 0 Å². The Balaban J connectivity index is 2.20. The van der Waals surface area contributed by atoms with Crippen LogP contribution in [0.2, 0.25) is 0 Å². The predicted molar refractivity (Wildman–Crippen MR) is 81.5 cm³/mol. The minimum atomic E-state index is -0.444. The first-order valence-corrected chi connectivity index (χ1v) is 7.77. The highest BCUT2D eigenvalue weighted by atomic mass is 79.9. The summed E-state index contributed by atoms with van der Waals surface area (Å²) in [5.41, 5.74) is 2.09. The van der Waals surface area contributed by atoms with Crippen LogP contribution in [-0.4, -0.2) is 29.4 Å². The highest BCUT2D eigenvalue weighted by molar-refractivity contribution is 9.10. The van der Waals surface area contributed by atoms with E-state index in [4.69, 9.17) is 5.11 Å². The molecule has 0 radical (unpaired) electrons. The van der Waals surface area contributed by atoms with Gasteiger partial charge in [-0.25, -0.2) is 0 Å². The highest BCUT2D eigenvalue weighted by Crippen LogP contribution is 2.35. The van der Waals surface area contributed by atoms with E-state index in [-0.39, 0.29) is 6.61 Å². The fraction of sp³-hybridized carbons (Fsp3) is 0.600. The molecular weight excluding hydrogens is 306 g/mol. The van der Waals surface area contributed by atoms with E-state index in [1.54, 1.807) is 6.92 Å². The van der Waals surface area contributed by atoms with Crippen molar-refractivity contribution in [2.24, 2.45) is 0 Å². The maximum absolute atomic E-state index is 9.62. The normalized spacial score (nSPS) is 17.1. The number of rotatable bonds is 6. The van der Waals surface area contributed by atoms with Crippen LogP contribution in [0.5, 0.6) is 0 Å². The summed E-state index contributed by atoms with van der Waals surface area (Å²) >= 11 is 3.61. The molecule has 0 saturated heterocycles. The monoisotopic (exact) mass is 327 g/mol. The van der Waals surface area contributed by atoms with Gasteiger partial charge in [-0.05, 0) is 66.2 Å². The third-order valence-electron chi connectivity index (χ3n) is 3.84. The van der Waals surface area contributed by atoms with E-state index in [1.807, 2.05) is 12.1 Å². The van der Waals surface area contributed by atoms with E-state index in [9.17, 15) is 5.11 Å². The quantitative estimate of drug-likeness (QED) is 0.842. The summed E-state index contributed by atoms with van der Waals surface area (Å²) in [4.78, 5) is 2.38. The van der Waals surface area contributed by atoms with Gasteiger partial charge in [0.1, 0.15) is 0 Å². The molecule has 2 N–H and O–H groups in total. The average molecular weight is 328 g/mol. The number of nitrogens with zero attached hydrogens (tertiary/aromatic N) is 1. The summed E-state index contributed by atoms with van der Waals surface area (Å²) in [6.45, 7) is 2.89. The second-order valence-corrected chi connectivity index (χ2v) is 6.10. The van der Waals surface area contributed by atoms with Crippen LogP contribution < -0.4 is 4.90 Å². The lowest BCUT2D eigenvalue weighted by Gasteiger charge is -2.40. The smallest absolute Gasteiger partial charge is 0.0762 e. The number of anilines is 1. The summed E-state index contributed by atoms with van der Waals surface area (Å²) in [6, 6.07) is 6.64. The standard InChI is InChI=1S/C15H22BrNO2/c1-11(19)12-6-7-15(14(16)10-12)17(8-3-9-18)13-4-2-5-13/h6-7,10-11,13,18-19H,2-5,8-9H2,1H3. The lowest BCUT2D eigenvalue weighted by Crippen LogP contribution is -2.41. The molecule has 0 amide bonds. The lowest BCUT2D eigenvalue weighted by molar-refractivity contribution is 0.199. The fourth-order valence-electron chi connectivity index (χ4n) is 2.46. The summed E-state index contributed by atoms with van der Waals surface area (Å²) in [6.07, 6.45) is 4.11. The Labute approximate surface area is 123 Å². The summed E-state index contributed by atoms with van der Waals surface area (Å²) in [5.74, 6) is 0. The molecule has 4 heteroatoms. The SMILES string of the molecule is CC(O)c1ccc(N(CCCO)C2CCC2)c(Br)c1. The summed E-state index contributed by atoms with van der Waals surface area (Å²) in [7, 11) is 0. The number of halogens is 1. The molecule has 1 aliphatic carbocycles. The molecule has 0 bridgehead atoms. The van der Waals surface area contributed by atoms with Gasteiger partial charge in [-0.2, -0.15) is 0 Å². The third-order valence-corrected chi connectivity index (χ3v) is 4.47. The Bertz CT molecular complexity index is 419. The highest BCUT2D eigenvalue weighted by Gasteiger charge is 2.26. The van der Waals surface area contributed by atoms with Crippen LogP contribution in [0.1, 0.15) is 44.3 Å². The molecule has 2 rings (SSSR count). The van der Waals surface area contributed by atoms with Crippen LogP contribution in [0.15, 0.2) is 22.7 Å². The maximum Gasteiger partial charge on any atom is 0.0762 e. The molecule has 3 nitrogen and oxygen atoms in total. The first-order chi connectivity index (χ1) is 9.13. The number of hydrogen-bond acceptors (Lipinski definition) is 3. The summed E-state index contributed by atoms with van der Waals surface area (Å²) < 4.78 is 1.02. The van der Waals surface area contributed by atoms with Crippen LogP contribution in [0, 0.1) is 0 Å². The molecule has 19 heavy (non-hydrogen) atoms. The van der Waals surface area contributed by atoms with Gasteiger partial charge in [-0.15, -0.1) is 0 Å². The zero-order chi connectivity index (χ0) is 13.8. The molecule has 0 spiro atoms. The zero-order valence-corrected chi connectivity index (χ0v) is 12.9. The first kappa shape index (κ1) is 14.8. The molecule has 1 fully saturated rings. The van der Waals surface area contributed by atoms with Gasteiger partial charge in [-0.3, -0.25) is 0 Å². The molecule has 0 aromatic heterocycles. The van der Waals surface area contributed by atoms with E-state index in [1.165, 1.54) is 24.9 Å². The minimum Gasteiger partial charge on any atom is -0.396 e. The van der Waals surface area contributed by atoms with Gasteiger partial charge in [-0.1, -0.05) is 6.07 Å². The van der Waals surface area contributed by atoms with Crippen molar-refractivity contribution in [3.8, 4) is 0 Å². The number of benzene rings is 1. The van der Waals surface area contributed by atoms with Crippen molar-refractivity contribution in [3.05, 3.63) is 28.2 Å². The van der Waals surface area contributed by atoms with Crippen LogP contribution in [0.3, 0.4) is 0 Å². The summed E-state index contributed by atoms with van der Waals surface area (Å²) in [5, 5.41) is 18.7. The van der Waals surface area contributed by atoms with Crippen molar-refractivity contribution < 1.29 is 10.2 Å². The van der Waals surface area contributed by atoms with Crippen LogP contribution in [0.25, 0.3) is 0 Å². The zero-order valence-electron chi connectivity index (χ0n) is 11.3. The molecule has 1 saturated carbocycles. The maximum atomic E-state index is 9.62. The number of aliphatic hydroxyl groups excluding tert-OH is 2. The van der Waals surface area contributed by atoms with E-state index < -0.39 is 6.10 Å². The van der Waals surface area contributed by atoms with Gasteiger partial charge in [0.2, 0.25) is 0 Å². The van der Waals surface area contributed by atoms with Crippen molar-refractivity contribution in [1.29, 1.82) is 0 Å². The van der Waals surface area contributed by atoms with E-state index in [0.717, 1.165) is 23.0 Å². The molecular formula is C15H22BrNO2. The Hall–Kier alpha value is -0.580. The van der Waals surface area contributed by atoms with Gasteiger partial charge in [0.05, 0.1) is 11.8 Å². The topological polar surface area (TPSA) is 43.7 Å². The van der Waals surface area contributed by atoms with Crippen molar-refractivity contribution in [3.63, 3.8) is 0 Å². The number of hydrogen-bond donors (Lipinski definition) is 2. The lowest BCUT2D eigenvalue weighted by atomic mass is 9.90. The molecule has 1 aromatic rings. The largest absolute Gasteiger partial charge is 0.396 e.